The standard InChI is InChI=1S/C14H29NO/c1-12-9-13(2)11-14(10-12)15-7-5-4-6-8-16-3/h12-15H,4-11H2,1-3H3. The van der Waals surface area contributed by atoms with Crippen LogP contribution in [0.3, 0.4) is 0 Å². The lowest BCUT2D eigenvalue weighted by molar-refractivity contribution is 0.191. The average molecular weight is 227 g/mol. The number of nitrogens with one attached hydrogen (secondary N) is 1. The summed E-state index contributed by atoms with van der Waals surface area (Å²) in [4.78, 5) is 0. The summed E-state index contributed by atoms with van der Waals surface area (Å²) < 4.78 is 5.05. The zero-order valence-electron chi connectivity index (χ0n) is 11.3. The molecule has 1 aliphatic rings. The molecular formula is C14H29NO. The highest BCUT2D eigenvalue weighted by atomic mass is 16.5. The normalized spacial score (nSPS) is 30.6. The number of hydrogen-bond acceptors (Lipinski definition) is 2. The van der Waals surface area contributed by atoms with Crippen LogP contribution in [0.4, 0.5) is 0 Å². The molecule has 0 aromatic carbocycles. The van der Waals surface area contributed by atoms with E-state index in [1.54, 1.807) is 7.11 Å². The Morgan fingerprint density at radius 2 is 1.69 bits per heavy atom. The fourth-order valence-electron chi connectivity index (χ4n) is 2.97. The van der Waals surface area contributed by atoms with Gasteiger partial charge in [-0.3, -0.25) is 0 Å². The molecule has 2 nitrogen and oxygen atoms in total. The molecule has 0 amide bonds. The molecule has 0 aromatic heterocycles. The maximum absolute atomic E-state index is 5.05. The van der Waals surface area contributed by atoms with Crippen LogP contribution < -0.4 is 5.32 Å². The zero-order valence-corrected chi connectivity index (χ0v) is 11.3. The number of ether oxygens (including phenoxy) is 1. The van der Waals surface area contributed by atoms with Crippen molar-refractivity contribution in [3.63, 3.8) is 0 Å². The molecule has 2 heteroatoms. The van der Waals surface area contributed by atoms with E-state index in [-0.39, 0.29) is 0 Å². The molecule has 0 saturated heterocycles. The van der Waals surface area contributed by atoms with Crippen molar-refractivity contribution in [2.45, 2.75) is 58.4 Å². The molecule has 0 radical (unpaired) electrons. The predicted molar refractivity (Wildman–Crippen MR) is 69.7 cm³/mol. The highest BCUT2D eigenvalue weighted by Gasteiger charge is 2.22. The van der Waals surface area contributed by atoms with E-state index in [0.717, 1.165) is 24.5 Å². The highest BCUT2D eigenvalue weighted by Crippen LogP contribution is 2.28. The van der Waals surface area contributed by atoms with Gasteiger partial charge in [0.25, 0.3) is 0 Å². The van der Waals surface area contributed by atoms with E-state index in [1.807, 2.05) is 0 Å². The average Bonchev–Trinajstić information content (AvgIpc) is 2.22. The second-order valence-electron chi connectivity index (χ2n) is 5.62. The monoisotopic (exact) mass is 227 g/mol. The summed E-state index contributed by atoms with van der Waals surface area (Å²) in [6, 6.07) is 0.779. The molecule has 2 unspecified atom stereocenters. The van der Waals surface area contributed by atoms with Crippen molar-refractivity contribution >= 4 is 0 Å². The van der Waals surface area contributed by atoms with Crippen LogP contribution in [0.5, 0.6) is 0 Å². The third-order valence-electron chi connectivity index (χ3n) is 3.64. The smallest absolute Gasteiger partial charge is 0.0462 e. The molecule has 2 atom stereocenters. The Morgan fingerprint density at radius 3 is 2.31 bits per heavy atom. The lowest BCUT2D eigenvalue weighted by atomic mass is 9.80. The summed E-state index contributed by atoms with van der Waals surface area (Å²) in [6.07, 6.45) is 7.97. The highest BCUT2D eigenvalue weighted by molar-refractivity contribution is 4.79. The molecule has 0 spiro atoms. The van der Waals surface area contributed by atoms with Crippen molar-refractivity contribution in [1.82, 2.24) is 5.32 Å². The van der Waals surface area contributed by atoms with Gasteiger partial charge >= 0.3 is 0 Å². The van der Waals surface area contributed by atoms with Gasteiger partial charge in [-0.1, -0.05) is 13.8 Å². The van der Waals surface area contributed by atoms with Crippen molar-refractivity contribution in [2.75, 3.05) is 20.3 Å². The van der Waals surface area contributed by atoms with Crippen LogP contribution in [-0.4, -0.2) is 26.3 Å². The molecule has 1 rings (SSSR count). The van der Waals surface area contributed by atoms with Gasteiger partial charge in [-0.15, -0.1) is 0 Å². The SMILES string of the molecule is COCCCCCNC1CC(C)CC(C)C1. The Hall–Kier alpha value is -0.0800. The van der Waals surface area contributed by atoms with Crippen LogP contribution >= 0.6 is 0 Å². The van der Waals surface area contributed by atoms with Gasteiger partial charge in [0.05, 0.1) is 0 Å². The molecule has 1 fully saturated rings. The Bertz CT molecular complexity index is 162. The van der Waals surface area contributed by atoms with Gasteiger partial charge in [0, 0.05) is 19.8 Å². The van der Waals surface area contributed by atoms with Gasteiger partial charge in [-0.2, -0.15) is 0 Å². The largest absolute Gasteiger partial charge is 0.385 e. The minimum atomic E-state index is 0.779. The molecule has 0 aromatic rings. The fourth-order valence-corrected chi connectivity index (χ4v) is 2.97. The van der Waals surface area contributed by atoms with E-state index in [4.69, 9.17) is 4.74 Å². The minimum absolute atomic E-state index is 0.779. The van der Waals surface area contributed by atoms with Gasteiger partial charge in [-0.25, -0.2) is 0 Å². The van der Waals surface area contributed by atoms with E-state index >= 15 is 0 Å². The lowest BCUT2D eigenvalue weighted by Crippen LogP contribution is -2.36. The Kier molecular flexibility index (Phi) is 7.06. The van der Waals surface area contributed by atoms with E-state index in [9.17, 15) is 0 Å². The van der Waals surface area contributed by atoms with Gasteiger partial charge in [0.15, 0.2) is 0 Å². The van der Waals surface area contributed by atoms with Crippen molar-refractivity contribution in [3.8, 4) is 0 Å². The zero-order chi connectivity index (χ0) is 11.8. The second kappa shape index (κ2) is 8.08. The van der Waals surface area contributed by atoms with Crippen molar-refractivity contribution < 1.29 is 4.74 Å². The van der Waals surface area contributed by atoms with Crippen LogP contribution in [0.25, 0.3) is 0 Å². The maximum atomic E-state index is 5.05. The van der Waals surface area contributed by atoms with Crippen LogP contribution in [-0.2, 0) is 4.74 Å². The van der Waals surface area contributed by atoms with E-state index in [2.05, 4.69) is 19.2 Å². The van der Waals surface area contributed by atoms with Crippen molar-refractivity contribution in [3.05, 3.63) is 0 Å². The predicted octanol–water partition coefficient (Wildman–Crippen LogP) is 3.22. The summed E-state index contributed by atoms with van der Waals surface area (Å²) in [6.45, 7) is 6.89. The van der Waals surface area contributed by atoms with Gasteiger partial charge in [0.2, 0.25) is 0 Å². The number of hydrogen-bond donors (Lipinski definition) is 1. The molecule has 1 saturated carbocycles. The second-order valence-corrected chi connectivity index (χ2v) is 5.62. The molecule has 16 heavy (non-hydrogen) atoms. The van der Waals surface area contributed by atoms with Crippen LogP contribution in [0.1, 0.15) is 52.4 Å². The van der Waals surface area contributed by atoms with Crippen LogP contribution in [0.15, 0.2) is 0 Å². The number of unbranched alkanes of at least 4 members (excludes halogenated alkanes) is 2. The van der Waals surface area contributed by atoms with Crippen LogP contribution in [0.2, 0.25) is 0 Å². The Labute approximate surface area is 101 Å². The first kappa shape index (κ1) is 14.0. The lowest BCUT2D eigenvalue weighted by Gasteiger charge is -2.32. The molecular weight excluding hydrogens is 198 g/mol. The summed E-state index contributed by atoms with van der Waals surface area (Å²) in [7, 11) is 1.78. The first-order valence-electron chi connectivity index (χ1n) is 6.94. The first-order chi connectivity index (χ1) is 7.72. The fraction of sp³-hybridized carbons (Fsp3) is 1.00. The van der Waals surface area contributed by atoms with Crippen molar-refractivity contribution in [2.24, 2.45) is 11.8 Å². The summed E-state index contributed by atoms with van der Waals surface area (Å²) in [5.74, 6) is 1.82. The molecule has 1 N–H and O–H groups in total. The number of rotatable bonds is 7. The molecule has 0 aliphatic heterocycles. The maximum Gasteiger partial charge on any atom is 0.0462 e. The minimum Gasteiger partial charge on any atom is -0.385 e. The topological polar surface area (TPSA) is 21.3 Å². The molecule has 96 valence electrons. The molecule has 0 bridgehead atoms. The first-order valence-corrected chi connectivity index (χ1v) is 6.94. The third kappa shape index (κ3) is 5.86. The Balaban J connectivity index is 1.99. The molecule has 0 heterocycles. The third-order valence-corrected chi connectivity index (χ3v) is 3.64. The quantitative estimate of drug-likeness (QED) is 0.674. The van der Waals surface area contributed by atoms with Gasteiger partial charge in [0.1, 0.15) is 0 Å². The number of methoxy groups -OCH3 is 1. The van der Waals surface area contributed by atoms with E-state index in [0.29, 0.717) is 0 Å². The van der Waals surface area contributed by atoms with Gasteiger partial charge in [-0.05, 0) is 56.9 Å². The summed E-state index contributed by atoms with van der Waals surface area (Å²) in [5, 5.41) is 3.72. The summed E-state index contributed by atoms with van der Waals surface area (Å²) in [5.41, 5.74) is 0. The Morgan fingerprint density at radius 1 is 1.00 bits per heavy atom. The van der Waals surface area contributed by atoms with Crippen LogP contribution in [0, 0.1) is 11.8 Å². The van der Waals surface area contributed by atoms with E-state index in [1.165, 1.54) is 45.1 Å². The van der Waals surface area contributed by atoms with E-state index < -0.39 is 0 Å². The summed E-state index contributed by atoms with van der Waals surface area (Å²) >= 11 is 0. The van der Waals surface area contributed by atoms with Crippen molar-refractivity contribution in [1.29, 1.82) is 0 Å². The van der Waals surface area contributed by atoms with Gasteiger partial charge < -0.3 is 10.1 Å². The molecule has 1 aliphatic carbocycles.